The molecule has 0 aromatic carbocycles. The predicted molar refractivity (Wildman–Crippen MR) is 60.5 cm³/mol. The van der Waals surface area contributed by atoms with Crippen molar-refractivity contribution in [3.8, 4) is 0 Å². The largest absolute Gasteiger partial charge is 0.381 e. The van der Waals surface area contributed by atoms with Crippen molar-refractivity contribution in [2.45, 2.75) is 46.1 Å². The molecule has 0 radical (unpaired) electrons. The third-order valence-corrected chi connectivity index (χ3v) is 3.43. The third-order valence-electron chi connectivity index (χ3n) is 3.43. The van der Waals surface area contributed by atoms with Gasteiger partial charge in [-0.05, 0) is 44.6 Å². The summed E-state index contributed by atoms with van der Waals surface area (Å²) in [5, 5.41) is 3.50. The Morgan fingerprint density at radius 2 is 1.93 bits per heavy atom. The van der Waals surface area contributed by atoms with Crippen molar-refractivity contribution in [2.75, 3.05) is 19.8 Å². The van der Waals surface area contributed by atoms with Crippen molar-refractivity contribution < 1.29 is 4.74 Å². The van der Waals surface area contributed by atoms with Crippen LogP contribution in [-0.2, 0) is 4.74 Å². The smallest absolute Gasteiger partial charge is 0.0468 e. The monoisotopic (exact) mass is 199 g/mol. The number of hydrogen-bond donors (Lipinski definition) is 1. The summed E-state index contributed by atoms with van der Waals surface area (Å²) in [6, 6.07) is 0.655. The lowest BCUT2D eigenvalue weighted by Gasteiger charge is -2.28. The van der Waals surface area contributed by atoms with Crippen LogP contribution in [0.4, 0.5) is 0 Å². The Morgan fingerprint density at radius 1 is 1.29 bits per heavy atom. The second-order valence-corrected chi connectivity index (χ2v) is 4.62. The number of rotatable bonds is 5. The lowest BCUT2D eigenvalue weighted by Crippen LogP contribution is -2.33. The first-order valence-corrected chi connectivity index (χ1v) is 6.05. The highest BCUT2D eigenvalue weighted by Crippen LogP contribution is 2.24. The molecule has 0 bridgehead atoms. The van der Waals surface area contributed by atoms with Gasteiger partial charge in [-0.25, -0.2) is 0 Å². The van der Waals surface area contributed by atoms with Crippen LogP contribution >= 0.6 is 0 Å². The van der Waals surface area contributed by atoms with E-state index in [9.17, 15) is 0 Å². The first kappa shape index (κ1) is 12.0. The molecule has 2 heteroatoms. The fourth-order valence-corrected chi connectivity index (χ4v) is 2.24. The van der Waals surface area contributed by atoms with E-state index in [4.69, 9.17) is 4.74 Å². The molecule has 1 aliphatic heterocycles. The Kier molecular flexibility index (Phi) is 5.49. The van der Waals surface area contributed by atoms with Crippen LogP contribution in [0.15, 0.2) is 0 Å². The maximum Gasteiger partial charge on any atom is 0.0468 e. The molecule has 2 unspecified atom stereocenters. The topological polar surface area (TPSA) is 21.3 Å². The van der Waals surface area contributed by atoms with E-state index in [2.05, 4.69) is 26.1 Å². The number of hydrogen-bond acceptors (Lipinski definition) is 2. The average molecular weight is 199 g/mol. The summed E-state index contributed by atoms with van der Waals surface area (Å²) in [7, 11) is 0. The van der Waals surface area contributed by atoms with E-state index in [0.717, 1.165) is 31.6 Å². The van der Waals surface area contributed by atoms with Crippen molar-refractivity contribution >= 4 is 0 Å². The normalized spacial score (nSPS) is 23.4. The Hall–Kier alpha value is -0.0800. The van der Waals surface area contributed by atoms with Crippen LogP contribution in [0.25, 0.3) is 0 Å². The second-order valence-electron chi connectivity index (χ2n) is 4.62. The first-order chi connectivity index (χ1) is 6.74. The van der Waals surface area contributed by atoms with Gasteiger partial charge in [0.15, 0.2) is 0 Å². The lowest BCUT2D eigenvalue weighted by molar-refractivity contribution is 0.0577. The van der Waals surface area contributed by atoms with E-state index in [1.807, 2.05) is 0 Å². The molecule has 14 heavy (non-hydrogen) atoms. The minimum absolute atomic E-state index is 0.655. The van der Waals surface area contributed by atoms with E-state index in [1.54, 1.807) is 0 Å². The molecule has 0 aromatic rings. The van der Waals surface area contributed by atoms with Crippen molar-refractivity contribution in [1.29, 1.82) is 0 Å². The Morgan fingerprint density at radius 3 is 2.50 bits per heavy atom. The van der Waals surface area contributed by atoms with Crippen molar-refractivity contribution in [2.24, 2.45) is 11.8 Å². The van der Waals surface area contributed by atoms with Gasteiger partial charge in [0.25, 0.3) is 0 Å². The molecule has 0 saturated carbocycles. The summed E-state index contributed by atoms with van der Waals surface area (Å²) in [6.07, 6.45) is 3.89. The van der Waals surface area contributed by atoms with E-state index >= 15 is 0 Å². The van der Waals surface area contributed by atoms with Gasteiger partial charge in [-0.1, -0.05) is 13.8 Å². The van der Waals surface area contributed by atoms with Gasteiger partial charge in [-0.15, -0.1) is 0 Å². The fourth-order valence-electron chi connectivity index (χ4n) is 2.24. The minimum Gasteiger partial charge on any atom is -0.381 e. The molecule has 0 spiro atoms. The van der Waals surface area contributed by atoms with Gasteiger partial charge in [-0.2, -0.15) is 0 Å². The molecule has 1 rings (SSSR count). The van der Waals surface area contributed by atoms with Crippen molar-refractivity contribution in [3.05, 3.63) is 0 Å². The van der Waals surface area contributed by atoms with Crippen LogP contribution in [0.3, 0.4) is 0 Å². The summed E-state index contributed by atoms with van der Waals surface area (Å²) >= 11 is 0. The summed E-state index contributed by atoms with van der Waals surface area (Å²) in [6.45, 7) is 9.88. The molecule has 1 saturated heterocycles. The zero-order valence-electron chi connectivity index (χ0n) is 9.88. The van der Waals surface area contributed by atoms with Crippen LogP contribution in [-0.4, -0.2) is 25.8 Å². The summed E-state index contributed by atoms with van der Waals surface area (Å²) in [4.78, 5) is 0. The summed E-state index contributed by atoms with van der Waals surface area (Å²) in [5.74, 6) is 1.69. The first-order valence-electron chi connectivity index (χ1n) is 6.05. The van der Waals surface area contributed by atoms with Crippen molar-refractivity contribution in [3.63, 3.8) is 0 Å². The molecule has 1 N–H and O–H groups in total. The predicted octanol–water partition coefficient (Wildman–Crippen LogP) is 2.44. The highest BCUT2D eigenvalue weighted by atomic mass is 16.5. The molecule has 1 fully saturated rings. The Labute approximate surface area is 88.4 Å². The molecular formula is C12H25NO. The van der Waals surface area contributed by atoms with Crippen LogP contribution in [0.5, 0.6) is 0 Å². The van der Waals surface area contributed by atoms with Crippen LogP contribution in [0.2, 0.25) is 0 Å². The zero-order chi connectivity index (χ0) is 10.4. The molecule has 84 valence electrons. The summed E-state index contributed by atoms with van der Waals surface area (Å²) < 4.78 is 5.37. The highest BCUT2D eigenvalue weighted by molar-refractivity contribution is 4.73. The summed E-state index contributed by atoms with van der Waals surface area (Å²) in [5.41, 5.74) is 0. The lowest BCUT2D eigenvalue weighted by atomic mass is 9.86. The van der Waals surface area contributed by atoms with Gasteiger partial charge in [0, 0.05) is 19.3 Å². The number of nitrogens with one attached hydrogen (secondary N) is 1. The Balaban J connectivity index is 2.20. The molecule has 0 amide bonds. The molecule has 1 aliphatic rings. The van der Waals surface area contributed by atoms with E-state index in [0.29, 0.717) is 6.04 Å². The molecule has 2 nitrogen and oxygen atoms in total. The third kappa shape index (κ3) is 3.97. The van der Waals surface area contributed by atoms with E-state index < -0.39 is 0 Å². The van der Waals surface area contributed by atoms with Crippen LogP contribution in [0.1, 0.15) is 40.0 Å². The molecule has 2 atom stereocenters. The van der Waals surface area contributed by atoms with Crippen LogP contribution < -0.4 is 5.32 Å². The van der Waals surface area contributed by atoms with Gasteiger partial charge in [-0.3, -0.25) is 0 Å². The van der Waals surface area contributed by atoms with E-state index in [-0.39, 0.29) is 0 Å². The van der Waals surface area contributed by atoms with Gasteiger partial charge >= 0.3 is 0 Å². The van der Waals surface area contributed by atoms with Gasteiger partial charge in [0.2, 0.25) is 0 Å². The quantitative estimate of drug-likeness (QED) is 0.734. The maximum atomic E-state index is 5.37. The van der Waals surface area contributed by atoms with Gasteiger partial charge in [0.1, 0.15) is 0 Å². The number of ether oxygens (including phenoxy) is 1. The standard InChI is InChI=1S/C12H25NO/c1-4-13-11(3)10(2)9-12-5-7-14-8-6-12/h10-13H,4-9H2,1-3H3. The molecule has 1 heterocycles. The fraction of sp³-hybridized carbons (Fsp3) is 1.00. The van der Waals surface area contributed by atoms with Gasteiger partial charge < -0.3 is 10.1 Å². The second kappa shape index (κ2) is 6.41. The maximum absolute atomic E-state index is 5.37. The molecule has 0 aromatic heterocycles. The highest BCUT2D eigenvalue weighted by Gasteiger charge is 2.19. The van der Waals surface area contributed by atoms with Crippen LogP contribution in [0, 0.1) is 11.8 Å². The minimum atomic E-state index is 0.655. The molecular weight excluding hydrogens is 174 g/mol. The SMILES string of the molecule is CCNC(C)C(C)CC1CCOCC1. The Bertz CT molecular complexity index is 143. The molecule has 0 aliphatic carbocycles. The van der Waals surface area contributed by atoms with Gasteiger partial charge in [0.05, 0.1) is 0 Å². The van der Waals surface area contributed by atoms with E-state index in [1.165, 1.54) is 19.3 Å². The van der Waals surface area contributed by atoms with Crippen molar-refractivity contribution in [1.82, 2.24) is 5.32 Å². The zero-order valence-corrected chi connectivity index (χ0v) is 9.88. The average Bonchev–Trinajstić information content (AvgIpc) is 2.19.